The lowest BCUT2D eigenvalue weighted by Gasteiger charge is -2.08. The van der Waals surface area contributed by atoms with Gasteiger partial charge < -0.3 is 9.88 Å². The van der Waals surface area contributed by atoms with Gasteiger partial charge in [-0.1, -0.05) is 24.3 Å². The minimum Gasteiger partial charge on any atom is -0.352 e. The van der Waals surface area contributed by atoms with Gasteiger partial charge in [0.05, 0.1) is 0 Å². The van der Waals surface area contributed by atoms with Crippen LogP contribution in [0.25, 0.3) is 0 Å². The molecule has 1 aromatic heterocycles. The van der Waals surface area contributed by atoms with Gasteiger partial charge in [-0.15, -0.1) is 0 Å². The van der Waals surface area contributed by atoms with E-state index in [0.29, 0.717) is 0 Å². The lowest BCUT2D eigenvalue weighted by molar-refractivity contribution is 0.898. The maximum atomic E-state index is 4.21. The Morgan fingerprint density at radius 2 is 2.13 bits per heavy atom. The van der Waals surface area contributed by atoms with Gasteiger partial charge in [-0.2, -0.15) is 0 Å². The standard InChI is InChI=1S/C12H15N3/c1-10-5-3-4-6-11(10)9-14-12-13-7-8-15(12)2/h3-8H,9H2,1-2H3,(H,13,14). The van der Waals surface area contributed by atoms with Gasteiger partial charge >= 0.3 is 0 Å². The number of rotatable bonds is 3. The van der Waals surface area contributed by atoms with Crippen molar-refractivity contribution in [2.75, 3.05) is 5.32 Å². The summed E-state index contributed by atoms with van der Waals surface area (Å²) in [4.78, 5) is 4.21. The van der Waals surface area contributed by atoms with E-state index in [-0.39, 0.29) is 0 Å². The summed E-state index contributed by atoms with van der Waals surface area (Å²) in [6.07, 6.45) is 3.72. The van der Waals surface area contributed by atoms with Crippen molar-refractivity contribution in [1.82, 2.24) is 9.55 Å². The molecular weight excluding hydrogens is 186 g/mol. The number of benzene rings is 1. The van der Waals surface area contributed by atoms with Gasteiger partial charge in [0.25, 0.3) is 0 Å². The molecule has 0 radical (unpaired) electrons. The van der Waals surface area contributed by atoms with Crippen molar-refractivity contribution in [3.8, 4) is 0 Å². The SMILES string of the molecule is Cc1ccccc1CNc1nccn1C. The number of nitrogens with zero attached hydrogens (tertiary/aromatic N) is 2. The summed E-state index contributed by atoms with van der Waals surface area (Å²) in [5.41, 5.74) is 2.61. The first kappa shape index (κ1) is 9.77. The van der Waals surface area contributed by atoms with Crippen LogP contribution in [0.3, 0.4) is 0 Å². The topological polar surface area (TPSA) is 29.9 Å². The van der Waals surface area contributed by atoms with Gasteiger partial charge in [-0.25, -0.2) is 4.98 Å². The van der Waals surface area contributed by atoms with E-state index in [1.807, 2.05) is 17.8 Å². The van der Waals surface area contributed by atoms with Crippen LogP contribution in [0.1, 0.15) is 11.1 Å². The van der Waals surface area contributed by atoms with Crippen LogP contribution in [0.15, 0.2) is 36.7 Å². The highest BCUT2D eigenvalue weighted by atomic mass is 15.2. The molecule has 0 aliphatic heterocycles. The molecule has 1 aromatic carbocycles. The van der Waals surface area contributed by atoms with Gasteiger partial charge in [0.2, 0.25) is 5.95 Å². The molecule has 1 N–H and O–H groups in total. The highest BCUT2D eigenvalue weighted by Gasteiger charge is 1.99. The van der Waals surface area contributed by atoms with E-state index in [0.717, 1.165) is 12.5 Å². The molecule has 0 saturated heterocycles. The summed E-state index contributed by atoms with van der Waals surface area (Å²) in [6.45, 7) is 2.94. The Kier molecular flexibility index (Phi) is 2.72. The third-order valence-electron chi connectivity index (χ3n) is 2.52. The summed E-state index contributed by atoms with van der Waals surface area (Å²) >= 11 is 0. The maximum absolute atomic E-state index is 4.21. The number of imidazole rings is 1. The molecule has 0 unspecified atom stereocenters. The maximum Gasteiger partial charge on any atom is 0.202 e. The Hall–Kier alpha value is -1.77. The molecule has 0 atom stereocenters. The summed E-state index contributed by atoms with van der Waals surface area (Å²) in [7, 11) is 1.98. The zero-order valence-electron chi connectivity index (χ0n) is 9.07. The minimum atomic E-state index is 0.817. The summed E-state index contributed by atoms with van der Waals surface area (Å²) in [6, 6.07) is 8.36. The Morgan fingerprint density at radius 3 is 2.80 bits per heavy atom. The quantitative estimate of drug-likeness (QED) is 0.826. The van der Waals surface area contributed by atoms with E-state index < -0.39 is 0 Å². The predicted molar refractivity (Wildman–Crippen MR) is 61.7 cm³/mol. The van der Waals surface area contributed by atoms with Crippen molar-refractivity contribution in [3.05, 3.63) is 47.8 Å². The molecule has 0 saturated carbocycles. The van der Waals surface area contributed by atoms with Crippen LogP contribution in [-0.4, -0.2) is 9.55 Å². The van der Waals surface area contributed by atoms with Crippen LogP contribution in [0.2, 0.25) is 0 Å². The average Bonchev–Trinajstić information content (AvgIpc) is 2.63. The number of nitrogens with one attached hydrogen (secondary N) is 1. The third kappa shape index (κ3) is 2.18. The summed E-state index contributed by atoms with van der Waals surface area (Å²) in [5, 5.41) is 3.30. The van der Waals surface area contributed by atoms with Crippen LogP contribution in [0.4, 0.5) is 5.95 Å². The first-order chi connectivity index (χ1) is 7.27. The smallest absolute Gasteiger partial charge is 0.202 e. The van der Waals surface area contributed by atoms with Gasteiger partial charge in [-0.3, -0.25) is 0 Å². The number of aromatic nitrogens is 2. The first-order valence-electron chi connectivity index (χ1n) is 5.03. The normalized spacial score (nSPS) is 10.3. The lowest BCUT2D eigenvalue weighted by atomic mass is 10.1. The summed E-state index contributed by atoms with van der Waals surface area (Å²) < 4.78 is 1.97. The molecule has 15 heavy (non-hydrogen) atoms. The minimum absolute atomic E-state index is 0.817. The van der Waals surface area contributed by atoms with Crippen LogP contribution < -0.4 is 5.32 Å². The third-order valence-corrected chi connectivity index (χ3v) is 2.52. The molecule has 2 rings (SSSR count). The van der Waals surface area contributed by atoms with Gasteiger partial charge in [0, 0.05) is 26.0 Å². The molecule has 3 nitrogen and oxygen atoms in total. The van der Waals surface area contributed by atoms with Crippen molar-refractivity contribution in [1.29, 1.82) is 0 Å². The molecule has 3 heteroatoms. The van der Waals surface area contributed by atoms with E-state index >= 15 is 0 Å². The van der Waals surface area contributed by atoms with Crippen molar-refractivity contribution in [2.24, 2.45) is 7.05 Å². The molecule has 0 fully saturated rings. The molecule has 0 aliphatic carbocycles. The van der Waals surface area contributed by atoms with E-state index in [1.54, 1.807) is 6.20 Å². The van der Waals surface area contributed by atoms with E-state index in [9.17, 15) is 0 Å². The number of anilines is 1. The fourth-order valence-electron chi connectivity index (χ4n) is 1.52. The monoisotopic (exact) mass is 201 g/mol. The number of hydrogen-bond acceptors (Lipinski definition) is 2. The van der Waals surface area contributed by atoms with E-state index in [4.69, 9.17) is 0 Å². The number of hydrogen-bond donors (Lipinski definition) is 1. The molecular formula is C12H15N3. The fraction of sp³-hybridized carbons (Fsp3) is 0.250. The second-order valence-electron chi connectivity index (χ2n) is 3.64. The molecule has 0 amide bonds. The molecule has 0 aliphatic rings. The summed E-state index contributed by atoms with van der Waals surface area (Å²) in [5.74, 6) is 0.901. The largest absolute Gasteiger partial charge is 0.352 e. The van der Waals surface area contributed by atoms with Crippen LogP contribution in [0.5, 0.6) is 0 Å². The van der Waals surface area contributed by atoms with Gasteiger partial charge in [0.15, 0.2) is 0 Å². The van der Waals surface area contributed by atoms with Gasteiger partial charge in [0.1, 0.15) is 0 Å². The van der Waals surface area contributed by atoms with Crippen molar-refractivity contribution in [3.63, 3.8) is 0 Å². The van der Waals surface area contributed by atoms with Crippen LogP contribution in [0, 0.1) is 6.92 Å². The van der Waals surface area contributed by atoms with E-state index in [2.05, 4.69) is 41.5 Å². The molecule has 0 bridgehead atoms. The highest BCUT2D eigenvalue weighted by molar-refractivity contribution is 5.32. The first-order valence-corrected chi connectivity index (χ1v) is 5.03. The lowest BCUT2D eigenvalue weighted by Crippen LogP contribution is -2.05. The second kappa shape index (κ2) is 4.17. The Morgan fingerprint density at radius 1 is 1.33 bits per heavy atom. The average molecular weight is 201 g/mol. The van der Waals surface area contributed by atoms with Crippen LogP contribution in [-0.2, 0) is 13.6 Å². The molecule has 0 spiro atoms. The molecule has 1 heterocycles. The van der Waals surface area contributed by atoms with E-state index in [1.165, 1.54) is 11.1 Å². The zero-order valence-corrected chi connectivity index (χ0v) is 9.07. The Balaban J connectivity index is 2.06. The predicted octanol–water partition coefficient (Wildman–Crippen LogP) is 2.34. The highest BCUT2D eigenvalue weighted by Crippen LogP contribution is 2.09. The Labute approximate surface area is 89.8 Å². The zero-order chi connectivity index (χ0) is 10.7. The van der Waals surface area contributed by atoms with Crippen molar-refractivity contribution >= 4 is 5.95 Å². The fourth-order valence-corrected chi connectivity index (χ4v) is 1.52. The molecule has 78 valence electrons. The van der Waals surface area contributed by atoms with Crippen LogP contribution >= 0.6 is 0 Å². The molecule has 2 aromatic rings. The Bertz CT molecular complexity index is 446. The second-order valence-corrected chi connectivity index (χ2v) is 3.64. The van der Waals surface area contributed by atoms with Crippen molar-refractivity contribution < 1.29 is 0 Å². The van der Waals surface area contributed by atoms with Crippen molar-refractivity contribution in [2.45, 2.75) is 13.5 Å². The number of aryl methyl sites for hydroxylation is 2. The van der Waals surface area contributed by atoms with Gasteiger partial charge in [-0.05, 0) is 18.1 Å².